The van der Waals surface area contributed by atoms with Crippen molar-refractivity contribution < 1.29 is 33.7 Å². The van der Waals surface area contributed by atoms with E-state index in [-0.39, 0.29) is 22.4 Å². The van der Waals surface area contributed by atoms with Crippen LogP contribution in [0.5, 0.6) is 5.75 Å². The van der Waals surface area contributed by atoms with Crippen molar-refractivity contribution in [3.63, 3.8) is 0 Å². The molecular formula is C18H24O7. The molecule has 0 radical (unpaired) electrons. The number of carbonyl (C=O) groups excluding carboxylic acids is 2. The maximum atomic E-state index is 12.6. The highest BCUT2D eigenvalue weighted by Gasteiger charge is 2.32. The Bertz CT molecular complexity index is 691. The number of benzene rings is 1. The van der Waals surface area contributed by atoms with Crippen molar-refractivity contribution in [3.05, 3.63) is 28.8 Å². The largest absolute Gasteiger partial charge is 0.495 e. The molecule has 0 amide bonds. The second-order valence-corrected chi connectivity index (χ2v) is 7.38. The molecular weight excluding hydrogens is 328 g/mol. The predicted molar refractivity (Wildman–Crippen MR) is 90.3 cm³/mol. The van der Waals surface area contributed by atoms with Crippen LogP contribution in [0, 0.1) is 0 Å². The maximum absolute atomic E-state index is 12.6. The summed E-state index contributed by atoms with van der Waals surface area (Å²) in [5.41, 5.74) is -2.28. The van der Waals surface area contributed by atoms with Gasteiger partial charge in [-0.25, -0.2) is 14.4 Å². The van der Waals surface area contributed by atoms with Gasteiger partial charge in [0.15, 0.2) is 0 Å². The van der Waals surface area contributed by atoms with Crippen molar-refractivity contribution in [2.45, 2.75) is 52.7 Å². The molecule has 1 rings (SSSR count). The molecule has 0 aliphatic carbocycles. The van der Waals surface area contributed by atoms with Gasteiger partial charge >= 0.3 is 17.9 Å². The van der Waals surface area contributed by atoms with Crippen LogP contribution in [0.2, 0.25) is 0 Å². The van der Waals surface area contributed by atoms with Crippen molar-refractivity contribution in [3.8, 4) is 5.75 Å². The van der Waals surface area contributed by atoms with Crippen molar-refractivity contribution in [1.29, 1.82) is 0 Å². The molecule has 0 aliphatic rings. The van der Waals surface area contributed by atoms with Gasteiger partial charge in [0.05, 0.1) is 12.7 Å². The van der Waals surface area contributed by atoms with Crippen molar-refractivity contribution >= 4 is 17.9 Å². The highest BCUT2D eigenvalue weighted by molar-refractivity contribution is 6.08. The van der Waals surface area contributed by atoms with E-state index >= 15 is 0 Å². The molecule has 0 bridgehead atoms. The molecule has 0 atom stereocenters. The van der Waals surface area contributed by atoms with Crippen LogP contribution in [0.15, 0.2) is 12.1 Å². The molecule has 1 aromatic rings. The second kappa shape index (κ2) is 7.13. The number of ether oxygens (including phenoxy) is 3. The Labute approximate surface area is 146 Å². The molecule has 0 aliphatic heterocycles. The Morgan fingerprint density at radius 2 is 1.28 bits per heavy atom. The van der Waals surface area contributed by atoms with Gasteiger partial charge in [0.2, 0.25) is 0 Å². The Kier molecular flexibility index (Phi) is 5.84. The summed E-state index contributed by atoms with van der Waals surface area (Å²) >= 11 is 0. The summed E-state index contributed by atoms with van der Waals surface area (Å²) in [7, 11) is 1.22. The zero-order valence-electron chi connectivity index (χ0n) is 15.6. The van der Waals surface area contributed by atoms with Crippen molar-refractivity contribution in [2.24, 2.45) is 0 Å². The molecule has 0 spiro atoms. The number of carboxylic acid groups (broad SMARTS) is 1. The fourth-order valence-corrected chi connectivity index (χ4v) is 2.00. The van der Waals surface area contributed by atoms with E-state index in [1.807, 2.05) is 0 Å². The third kappa shape index (κ3) is 5.48. The van der Waals surface area contributed by atoms with E-state index in [0.29, 0.717) is 0 Å². The summed E-state index contributed by atoms with van der Waals surface area (Å²) in [6, 6.07) is 2.41. The number of esters is 2. The van der Waals surface area contributed by atoms with Gasteiger partial charge in [-0.2, -0.15) is 0 Å². The van der Waals surface area contributed by atoms with Crippen LogP contribution < -0.4 is 4.74 Å². The normalized spacial score (nSPS) is 11.6. The van der Waals surface area contributed by atoms with E-state index in [0.717, 1.165) is 0 Å². The van der Waals surface area contributed by atoms with Crippen LogP contribution in [0.3, 0.4) is 0 Å². The quantitative estimate of drug-likeness (QED) is 0.830. The highest BCUT2D eigenvalue weighted by atomic mass is 16.6. The highest BCUT2D eigenvalue weighted by Crippen LogP contribution is 2.31. The van der Waals surface area contributed by atoms with Gasteiger partial charge in [-0.3, -0.25) is 0 Å². The lowest BCUT2D eigenvalue weighted by atomic mass is 10.0. The minimum atomic E-state index is -1.29. The smallest absolute Gasteiger partial charge is 0.343 e. The SMILES string of the molecule is COc1c(C(=O)O)ccc(C(=O)OC(C)(C)C)c1C(=O)OC(C)(C)C. The van der Waals surface area contributed by atoms with Crippen LogP contribution in [-0.4, -0.2) is 41.3 Å². The van der Waals surface area contributed by atoms with Crippen molar-refractivity contribution in [2.75, 3.05) is 7.11 Å². The number of rotatable bonds is 4. The van der Waals surface area contributed by atoms with Crippen LogP contribution in [0.1, 0.15) is 72.6 Å². The summed E-state index contributed by atoms with van der Waals surface area (Å²) < 4.78 is 15.7. The van der Waals surface area contributed by atoms with E-state index < -0.39 is 29.1 Å². The standard InChI is InChI=1S/C18H24O7/c1-17(2,3)24-15(21)10-8-9-11(14(19)20)13(23-7)12(10)16(22)25-18(4,5)6/h8-9H,1-7H3,(H,19,20). The zero-order chi connectivity index (χ0) is 19.6. The monoisotopic (exact) mass is 352 g/mol. The minimum Gasteiger partial charge on any atom is -0.495 e. The molecule has 0 heterocycles. The summed E-state index contributed by atoms with van der Waals surface area (Å²) in [5, 5.41) is 9.30. The Morgan fingerprint density at radius 3 is 1.68 bits per heavy atom. The summed E-state index contributed by atoms with van der Waals surface area (Å²) in [5.74, 6) is -3.18. The molecule has 0 aromatic heterocycles. The maximum Gasteiger partial charge on any atom is 0.343 e. The fraction of sp³-hybridized carbons (Fsp3) is 0.500. The number of hydrogen-bond acceptors (Lipinski definition) is 6. The Morgan fingerprint density at radius 1 is 0.840 bits per heavy atom. The molecule has 0 fully saturated rings. The van der Waals surface area contributed by atoms with Gasteiger partial charge in [-0.15, -0.1) is 0 Å². The first kappa shape index (κ1) is 20.5. The zero-order valence-corrected chi connectivity index (χ0v) is 15.6. The fourth-order valence-electron chi connectivity index (χ4n) is 2.00. The van der Waals surface area contributed by atoms with E-state index in [4.69, 9.17) is 14.2 Å². The van der Waals surface area contributed by atoms with Crippen LogP contribution in [0.25, 0.3) is 0 Å². The number of methoxy groups -OCH3 is 1. The van der Waals surface area contributed by atoms with Gasteiger partial charge in [0.25, 0.3) is 0 Å². The lowest BCUT2D eigenvalue weighted by molar-refractivity contribution is 0.00157. The van der Waals surface area contributed by atoms with Gasteiger partial charge in [-0.1, -0.05) is 0 Å². The molecule has 1 N–H and O–H groups in total. The predicted octanol–water partition coefficient (Wildman–Crippen LogP) is 3.30. The molecule has 138 valence electrons. The van der Waals surface area contributed by atoms with Gasteiger partial charge in [0.1, 0.15) is 28.1 Å². The van der Waals surface area contributed by atoms with Crippen LogP contribution in [0.4, 0.5) is 0 Å². The number of hydrogen-bond donors (Lipinski definition) is 1. The minimum absolute atomic E-state index is 0.119. The first-order valence-corrected chi connectivity index (χ1v) is 7.68. The number of aromatic carboxylic acids is 1. The Balaban J connectivity index is 3.59. The third-order valence-electron chi connectivity index (χ3n) is 2.81. The first-order valence-electron chi connectivity index (χ1n) is 7.68. The molecule has 7 heteroatoms. The number of carbonyl (C=O) groups is 3. The van der Waals surface area contributed by atoms with E-state index in [1.54, 1.807) is 41.5 Å². The number of carboxylic acids is 1. The molecule has 0 saturated heterocycles. The molecule has 0 saturated carbocycles. The summed E-state index contributed by atoms with van der Waals surface area (Å²) in [4.78, 5) is 36.5. The van der Waals surface area contributed by atoms with Crippen LogP contribution in [-0.2, 0) is 9.47 Å². The third-order valence-corrected chi connectivity index (χ3v) is 2.81. The van der Waals surface area contributed by atoms with E-state index in [9.17, 15) is 19.5 Å². The van der Waals surface area contributed by atoms with Crippen LogP contribution >= 0.6 is 0 Å². The van der Waals surface area contributed by atoms with E-state index in [1.165, 1.54) is 19.2 Å². The lowest BCUT2D eigenvalue weighted by Crippen LogP contribution is -2.28. The Hall–Kier alpha value is -2.57. The average molecular weight is 352 g/mol. The average Bonchev–Trinajstić information content (AvgIpc) is 2.41. The molecule has 7 nitrogen and oxygen atoms in total. The molecule has 0 unspecified atom stereocenters. The summed E-state index contributed by atoms with van der Waals surface area (Å²) in [6.45, 7) is 10.0. The second-order valence-electron chi connectivity index (χ2n) is 7.38. The van der Waals surface area contributed by atoms with Gasteiger partial charge in [0, 0.05) is 0 Å². The topological polar surface area (TPSA) is 99.1 Å². The van der Waals surface area contributed by atoms with Gasteiger partial charge in [-0.05, 0) is 53.7 Å². The molecule has 25 heavy (non-hydrogen) atoms. The van der Waals surface area contributed by atoms with E-state index in [2.05, 4.69) is 0 Å². The first-order chi connectivity index (χ1) is 11.3. The molecule has 1 aromatic carbocycles. The lowest BCUT2D eigenvalue weighted by Gasteiger charge is -2.23. The van der Waals surface area contributed by atoms with Gasteiger partial charge < -0.3 is 19.3 Å². The van der Waals surface area contributed by atoms with Crippen molar-refractivity contribution in [1.82, 2.24) is 0 Å². The summed E-state index contributed by atoms with van der Waals surface area (Å²) in [6.07, 6.45) is 0.